The molecule has 0 aliphatic heterocycles. The second kappa shape index (κ2) is 8.68. The largest absolute Gasteiger partial charge is 0.524 e. The van der Waals surface area contributed by atoms with Gasteiger partial charge in [0, 0.05) is 35.8 Å². The first-order chi connectivity index (χ1) is 15.0. The van der Waals surface area contributed by atoms with Gasteiger partial charge in [-0.05, 0) is 48.7 Å². The van der Waals surface area contributed by atoms with Crippen molar-refractivity contribution in [2.24, 2.45) is 12.9 Å². The second-order valence-electron chi connectivity index (χ2n) is 7.27. The summed E-state index contributed by atoms with van der Waals surface area (Å²) in [5.74, 6) is 4.87. The lowest BCUT2D eigenvalue weighted by Gasteiger charge is -2.26. The molecule has 0 atom stereocenters. The topological polar surface area (TPSA) is 150 Å². The number of hydrazine groups is 1. The number of carbonyl (C=O) groups is 1. The lowest BCUT2D eigenvalue weighted by Crippen LogP contribution is -2.42. The Morgan fingerprint density at radius 2 is 2.00 bits per heavy atom. The molecule has 170 valence electrons. The van der Waals surface area contributed by atoms with Crippen molar-refractivity contribution in [2.45, 2.75) is 20.3 Å². The molecule has 0 saturated heterocycles. The molecule has 0 unspecified atom stereocenters. The molecule has 0 bridgehead atoms. The van der Waals surface area contributed by atoms with Crippen molar-refractivity contribution < 1.29 is 28.8 Å². The summed E-state index contributed by atoms with van der Waals surface area (Å²) in [6.07, 6.45) is 2.31. The standard InChI is InChI=1S/C21H25N4O6P/c1-5-14-8-17(19(26)10-20(14)31-32(28,29)30)13(3)25(21(27)23-22)15-6-7-18-16(9-15)12(2)11-24(18)4/h6-11,26H,3,5,22H2,1-2,4H3,(H,23,27)(H2,28,29,30). The Morgan fingerprint density at radius 3 is 2.59 bits per heavy atom. The monoisotopic (exact) mass is 460 g/mol. The predicted molar refractivity (Wildman–Crippen MR) is 122 cm³/mol. The number of nitrogens with one attached hydrogen (secondary N) is 1. The average molecular weight is 460 g/mol. The Balaban J connectivity index is 2.12. The number of hydrogen-bond donors (Lipinski definition) is 5. The Kier molecular flexibility index (Phi) is 6.34. The van der Waals surface area contributed by atoms with Gasteiger partial charge in [-0.3, -0.25) is 20.1 Å². The van der Waals surface area contributed by atoms with Crippen LogP contribution >= 0.6 is 7.82 Å². The first kappa shape index (κ1) is 23.4. The number of hydrogen-bond acceptors (Lipinski definition) is 5. The number of fused-ring (bicyclic) bond motifs is 1. The molecule has 2 amide bonds. The van der Waals surface area contributed by atoms with Gasteiger partial charge in [-0.1, -0.05) is 13.5 Å². The van der Waals surface area contributed by atoms with Crippen LogP contribution in [0.4, 0.5) is 10.5 Å². The predicted octanol–water partition coefficient (Wildman–Crippen LogP) is 3.29. The molecule has 0 spiro atoms. The van der Waals surface area contributed by atoms with E-state index in [0.29, 0.717) is 17.7 Å². The van der Waals surface area contributed by atoms with Crippen LogP contribution in [0.25, 0.3) is 16.6 Å². The summed E-state index contributed by atoms with van der Waals surface area (Å²) < 4.78 is 17.9. The number of aryl methyl sites for hydroxylation is 3. The lowest BCUT2D eigenvalue weighted by molar-refractivity contribution is 0.249. The third kappa shape index (κ3) is 4.49. The third-order valence-electron chi connectivity index (χ3n) is 5.11. The summed E-state index contributed by atoms with van der Waals surface area (Å²) >= 11 is 0. The molecular weight excluding hydrogens is 435 g/mol. The number of nitrogens with two attached hydrogens (primary N) is 1. The van der Waals surface area contributed by atoms with Crippen molar-refractivity contribution in [2.75, 3.05) is 4.90 Å². The molecule has 11 heteroatoms. The Morgan fingerprint density at radius 1 is 1.31 bits per heavy atom. The van der Waals surface area contributed by atoms with Crippen LogP contribution in [0.15, 0.2) is 43.1 Å². The number of aromatic nitrogens is 1. The molecule has 0 aliphatic carbocycles. The molecule has 0 aliphatic rings. The van der Waals surface area contributed by atoms with Gasteiger partial charge in [0.15, 0.2) is 0 Å². The maximum atomic E-state index is 12.7. The van der Waals surface area contributed by atoms with E-state index in [1.807, 2.05) is 36.9 Å². The van der Waals surface area contributed by atoms with E-state index in [9.17, 15) is 14.5 Å². The molecule has 0 saturated carbocycles. The fourth-order valence-corrected chi connectivity index (χ4v) is 4.06. The molecule has 6 N–H and O–H groups in total. The van der Waals surface area contributed by atoms with Gasteiger partial charge in [0.1, 0.15) is 11.5 Å². The third-order valence-corrected chi connectivity index (χ3v) is 5.55. The number of benzene rings is 2. The van der Waals surface area contributed by atoms with E-state index in [4.69, 9.17) is 15.6 Å². The zero-order valence-electron chi connectivity index (χ0n) is 17.9. The zero-order valence-corrected chi connectivity index (χ0v) is 18.8. The zero-order chi connectivity index (χ0) is 23.8. The maximum Gasteiger partial charge on any atom is 0.524 e. The quantitative estimate of drug-likeness (QED) is 0.164. The van der Waals surface area contributed by atoms with Gasteiger partial charge in [0.2, 0.25) is 0 Å². The van der Waals surface area contributed by atoms with Crippen LogP contribution in [-0.2, 0) is 18.0 Å². The summed E-state index contributed by atoms with van der Waals surface area (Å²) in [5, 5.41) is 11.5. The van der Waals surface area contributed by atoms with E-state index >= 15 is 0 Å². The number of nitrogens with zero attached hydrogens (tertiary/aromatic N) is 2. The number of phenols is 1. The minimum absolute atomic E-state index is 0.107. The molecule has 3 rings (SSSR count). The Hall–Kier alpha value is -3.30. The van der Waals surface area contributed by atoms with Gasteiger partial charge in [-0.25, -0.2) is 15.2 Å². The first-order valence-electron chi connectivity index (χ1n) is 9.63. The Bertz CT molecular complexity index is 1260. The van der Waals surface area contributed by atoms with Crippen molar-refractivity contribution in [3.05, 3.63) is 59.8 Å². The van der Waals surface area contributed by atoms with Gasteiger partial charge in [0.25, 0.3) is 0 Å². The van der Waals surface area contributed by atoms with Crippen LogP contribution in [0, 0.1) is 6.92 Å². The van der Waals surface area contributed by atoms with E-state index in [1.165, 1.54) is 11.0 Å². The van der Waals surface area contributed by atoms with Crippen LogP contribution in [0.2, 0.25) is 0 Å². The van der Waals surface area contributed by atoms with Crippen LogP contribution < -0.4 is 20.7 Å². The molecule has 2 aromatic carbocycles. The van der Waals surface area contributed by atoms with Crippen LogP contribution in [-0.4, -0.2) is 25.5 Å². The van der Waals surface area contributed by atoms with E-state index in [-0.39, 0.29) is 22.8 Å². The first-order valence-corrected chi connectivity index (χ1v) is 11.2. The highest BCUT2D eigenvalue weighted by Gasteiger charge is 2.25. The number of rotatable bonds is 6. The molecule has 0 fully saturated rings. The summed E-state index contributed by atoms with van der Waals surface area (Å²) in [5.41, 5.74) is 5.22. The summed E-state index contributed by atoms with van der Waals surface area (Å²) in [6.45, 7) is 7.67. The van der Waals surface area contributed by atoms with E-state index in [2.05, 4.69) is 16.5 Å². The van der Waals surface area contributed by atoms with Crippen molar-refractivity contribution in [1.29, 1.82) is 0 Å². The number of phenolic OH excluding ortho intramolecular Hbond substituents is 1. The van der Waals surface area contributed by atoms with Crippen LogP contribution in [0.5, 0.6) is 11.5 Å². The minimum Gasteiger partial charge on any atom is -0.507 e. The number of carbonyl (C=O) groups excluding carboxylic acids is 1. The molecular formula is C21H25N4O6P. The van der Waals surface area contributed by atoms with Crippen molar-refractivity contribution in [3.63, 3.8) is 0 Å². The second-order valence-corrected chi connectivity index (χ2v) is 8.43. The van der Waals surface area contributed by atoms with Gasteiger partial charge in [0.05, 0.1) is 11.4 Å². The van der Waals surface area contributed by atoms with E-state index in [1.54, 1.807) is 13.0 Å². The number of phosphoric acid groups is 1. The number of urea groups is 1. The van der Waals surface area contributed by atoms with E-state index in [0.717, 1.165) is 22.5 Å². The number of phosphoric ester groups is 1. The van der Waals surface area contributed by atoms with Crippen molar-refractivity contribution >= 4 is 36.1 Å². The highest BCUT2D eigenvalue weighted by Crippen LogP contribution is 2.43. The molecule has 0 radical (unpaired) electrons. The van der Waals surface area contributed by atoms with Crippen molar-refractivity contribution in [1.82, 2.24) is 9.99 Å². The maximum absolute atomic E-state index is 12.7. The molecule has 1 aromatic heterocycles. The van der Waals surface area contributed by atoms with Gasteiger partial charge in [-0.15, -0.1) is 0 Å². The Labute approximate surface area is 184 Å². The number of anilines is 1. The molecule has 10 nitrogen and oxygen atoms in total. The smallest absolute Gasteiger partial charge is 0.507 e. The SMILES string of the molecule is C=C(c1cc(CC)c(OP(=O)(O)O)cc1O)N(C(=O)NN)c1ccc2c(c1)c(C)cn2C. The highest BCUT2D eigenvalue weighted by atomic mass is 31.2. The molecule has 1 heterocycles. The van der Waals surface area contributed by atoms with Gasteiger partial charge < -0.3 is 14.2 Å². The normalized spacial score (nSPS) is 11.4. The lowest BCUT2D eigenvalue weighted by atomic mass is 10.0. The molecule has 3 aromatic rings. The number of aromatic hydroxyl groups is 1. The number of amides is 2. The summed E-state index contributed by atoms with van der Waals surface area (Å²) in [6, 6.07) is 7.26. The van der Waals surface area contributed by atoms with Gasteiger partial charge in [-0.2, -0.15) is 0 Å². The summed E-state index contributed by atoms with van der Waals surface area (Å²) in [4.78, 5) is 32.2. The fraction of sp³-hybridized carbons (Fsp3) is 0.190. The van der Waals surface area contributed by atoms with Crippen molar-refractivity contribution in [3.8, 4) is 11.5 Å². The highest BCUT2D eigenvalue weighted by molar-refractivity contribution is 7.46. The van der Waals surface area contributed by atoms with Gasteiger partial charge >= 0.3 is 13.9 Å². The molecule has 32 heavy (non-hydrogen) atoms. The van der Waals surface area contributed by atoms with Crippen LogP contribution in [0.1, 0.15) is 23.6 Å². The fourth-order valence-electron chi connectivity index (χ4n) is 3.63. The van der Waals surface area contributed by atoms with E-state index < -0.39 is 13.9 Å². The summed E-state index contributed by atoms with van der Waals surface area (Å²) in [7, 11) is -2.91. The van der Waals surface area contributed by atoms with Crippen LogP contribution in [0.3, 0.4) is 0 Å². The average Bonchev–Trinajstić information content (AvgIpc) is 3.00. The minimum atomic E-state index is -4.83.